The molecule has 1 heterocycles. The monoisotopic (exact) mass is 243 g/mol. The van der Waals surface area contributed by atoms with Crippen LogP contribution in [0.2, 0.25) is 0 Å². The lowest BCUT2D eigenvalue weighted by Crippen LogP contribution is -1.97. The fourth-order valence-corrected chi connectivity index (χ4v) is 1.74. The van der Waals surface area contributed by atoms with Crippen LogP contribution in [-0.2, 0) is 0 Å². The Morgan fingerprint density at radius 2 is 2.06 bits per heavy atom. The van der Waals surface area contributed by atoms with Crippen molar-refractivity contribution in [1.82, 2.24) is 4.98 Å². The topological polar surface area (TPSA) is 59.4 Å². The van der Waals surface area contributed by atoms with Gasteiger partial charge in [0, 0.05) is 11.8 Å². The Labute approximate surface area is 105 Å². The molecule has 2 rings (SSSR count). The molecule has 0 fully saturated rings. The first-order valence-corrected chi connectivity index (χ1v) is 5.45. The van der Waals surface area contributed by atoms with Crippen molar-refractivity contribution >= 4 is 5.97 Å². The van der Waals surface area contributed by atoms with Gasteiger partial charge < -0.3 is 9.84 Å². The Bertz CT molecular complexity index is 593. The smallest absolute Gasteiger partial charge is 0.335 e. The molecule has 92 valence electrons. The number of hydrogen-bond donors (Lipinski definition) is 1. The van der Waals surface area contributed by atoms with E-state index < -0.39 is 5.97 Å². The van der Waals surface area contributed by atoms with E-state index in [1.807, 2.05) is 13.0 Å². The average Bonchev–Trinajstić information content (AvgIpc) is 2.39. The minimum Gasteiger partial charge on any atom is -0.495 e. The summed E-state index contributed by atoms with van der Waals surface area (Å²) in [4.78, 5) is 15.1. The number of aromatic nitrogens is 1. The van der Waals surface area contributed by atoms with Crippen LogP contribution in [0.1, 0.15) is 15.9 Å². The summed E-state index contributed by atoms with van der Waals surface area (Å²) in [5.41, 5.74) is 2.95. The van der Waals surface area contributed by atoms with Gasteiger partial charge in [0.2, 0.25) is 0 Å². The number of carboxylic acids is 1. The molecule has 0 amide bonds. The molecule has 0 atom stereocenters. The molecule has 0 aliphatic rings. The summed E-state index contributed by atoms with van der Waals surface area (Å²) in [6.45, 7) is 1.93. The van der Waals surface area contributed by atoms with E-state index >= 15 is 0 Å². The Morgan fingerprint density at radius 3 is 2.72 bits per heavy atom. The molecule has 0 aliphatic heterocycles. The van der Waals surface area contributed by atoms with Crippen molar-refractivity contribution in [3.05, 3.63) is 47.8 Å². The van der Waals surface area contributed by atoms with Gasteiger partial charge in [-0.15, -0.1) is 0 Å². The molecule has 0 aliphatic carbocycles. The van der Waals surface area contributed by atoms with Gasteiger partial charge in [-0.1, -0.05) is 6.07 Å². The van der Waals surface area contributed by atoms with Crippen LogP contribution in [0.25, 0.3) is 11.1 Å². The van der Waals surface area contributed by atoms with Crippen LogP contribution in [0.4, 0.5) is 0 Å². The van der Waals surface area contributed by atoms with E-state index in [2.05, 4.69) is 4.98 Å². The summed E-state index contributed by atoms with van der Waals surface area (Å²) in [6, 6.07) is 6.86. The molecular weight excluding hydrogens is 230 g/mol. The minimum atomic E-state index is -0.938. The standard InChI is InChI=1S/C14H13NO3/c1-9-3-4-10(14(16)17)6-13(9)11-5-12(18-2)8-15-7-11/h3-8H,1-2H3,(H,16,17). The van der Waals surface area contributed by atoms with Crippen LogP contribution in [-0.4, -0.2) is 23.2 Å². The number of ether oxygens (including phenoxy) is 1. The zero-order valence-corrected chi connectivity index (χ0v) is 10.2. The molecule has 0 spiro atoms. The maximum Gasteiger partial charge on any atom is 0.335 e. The second-order valence-corrected chi connectivity index (χ2v) is 3.95. The molecule has 4 heteroatoms. The second-order valence-electron chi connectivity index (χ2n) is 3.95. The largest absolute Gasteiger partial charge is 0.495 e. The van der Waals surface area contributed by atoms with Crippen molar-refractivity contribution < 1.29 is 14.6 Å². The number of nitrogens with zero attached hydrogens (tertiary/aromatic N) is 1. The van der Waals surface area contributed by atoms with E-state index in [9.17, 15) is 4.79 Å². The van der Waals surface area contributed by atoms with Gasteiger partial charge in [-0.3, -0.25) is 4.98 Å². The Kier molecular flexibility index (Phi) is 3.28. The number of aromatic carboxylic acids is 1. The molecule has 1 aromatic carbocycles. The van der Waals surface area contributed by atoms with Crippen LogP contribution >= 0.6 is 0 Å². The molecule has 18 heavy (non-hydrogen) atoms. The number of carboxylic acid groups (broad SMARTS) is 1. The summed E-state index contributed by atoms with van der Waals surface area (Å²) < 4.78 is 5.12. The van der Waals surface area contributed by atoms with Crippen LogP contribution in [0.3, 0.4) is 0 Å². The zero-order chi connectivity index (χ0) is 13.1. The minimum absolute atomic E-state index is 0.262. The van der Waals surface area contributed by atoms with Gasteiger partial charge in [-0.25, -0.2) is 4.79 Å². The number of rotatable bonds is 3. The van der Waals surface area contributed by atoms with Gasteiger partial charge in [0.15, 0.2) is 0 Å². The van der Waals surface area contributed by atoms with E-state index in [0.717, 1.165) is 16.7 Å². The van der Waals surface area contributed by atoms with E-state index in [1.54, 1.807) is 37.7 Å². The van der Waals surface area contributed by atoms with Crippen LogP contribution in [0.15, 0.2) is 36.7 Å². The molecule has 0 saturated heterocycles. The number of pyridine rings is 1. The highest BCUT2D eigenvalue weighted by Crippen LogP contribution is 2.26. The lowest BCUT2D eigenvalue weighted by Gasteiger charge is -2.08. The highest BCUT2D eigenvalue weighted by molar-refractivity contribution is 5.90. The first-order valence-electron chi connectivity index (χ1n) is 5.45. The van der Waals surface area contributed by atoms with Crippen molar-refractivity contribution in [1.29, 1.82) is 0 Å². The number of aryl methyl sites for hydroxylation is 1. The maximum atomic E-state index is 11.0. The summed E-state index contributed by atoms with van der Waals surface area (Å²) in [6.07, 6.45) is 3.30. The third-order valence-corrected chi connectivity index (χ3v) is 2.74. The molecule has 0 unspecified atom stereocenters. The second kappa shape index (κ2) is 4.87. The average molecular weight is 243 g/mol. The normalized spacial score (nSPS) is 10.1. The van der Waals surface area contributed by atoms with E-state index in [-0.39, 0.29) is 5.56 Å². The Morgan fingerprint density at radius 1 is 1.28 bits per heavy atom. The third kappa shape index (κ3) is 2.32. The van der Waals surface area contributed by atoms with Crippen LogP contribution in [0, 0.1) is 6.92 Å². The highest BCUT2D eigenvalue weighted by atomic mass is 16.5. The van der Waals surface area contributed by atoms with Crippen molar-refractivity contribution in [2.75, 3.05) is 7.11 Å². The summed E-state index contributed by atoms with van der Waals surface area (Å²) in [7, 11) is 1.57. The molecule has 0 saturated carbocycles. The van der Waals surface area contributed by atoms with E-state index in [1.165, 1.54) is 0 Å². The van der Waals surface area contributed by atoms with Gasteiger partial charge in [-0.2, -0.15) is 0 Å². The Balaban J connectivity index is 2.54. The van der Waals surface area contributed by atoms with Gasteiger partial charge in [0.25, 0.3) is 0 Å². The number of hydrogen-bond acceptors (Lipinski definition) is 3. The van der Waals surface area contributed by atoms with Gasteiger partial charge >= 0.3 is 5.97 Å². The zero-order valence-electron chi connectivity index (χ0n) is 10.2. The fraction of sp³-hybridized carbons (Fsp3) is 0.143. The lowest BCUT2D eigenvalue weighted by atomic mass is 9.99. The lowest BCUT2D eigenvalue weighted by molar-refractivity contribution is 0.0697. The molecule has 2 aromatic rings. The number of carbonyl (C=O) groups is 1. The van der Waals surface area contributed by atoms with Crippen LogP contribution in [0.5, 0.6) is 5.75 Å². The van der Waals surface area contributed by atoms with Crippen LogP contribution < -0.4 is 4.74 Å². The fourth-order valence-electron chi connectivity index (χ4n) is 1.74. The van der Waals surface area contributed by atoms with Crippen molar-refractivity contribution in [2.24, 2.45) is 0 Å². The molecule has 0 radical (unpaired) electrons. The molecular formula is C14H13NO3. The Hall–Kier alpha value is -2.36. The van der Waals surface area contributed by atoms with Gasteiger partial charge in [0.1, 0.15) is 5.75 Å². The van der Waals surface area contributed by atoms with E-state index in [0.29, 0.717) is 5.75 Å². The SMILES string of the molecule is COc1cncc(-c2cc(C(=O)O)ccc2C)c1. The molecule has 4 nitrogen and oxygen atoms in total. The quantitative estimate of drug-likeness (QED) is 0.900. The first kappa shape index (κ1) is 12.1. The third-order valence-electron chi connectivity index (χ3n) is 2.74. The number of benzene rings is 1. The summed E-state index contributed by atoms with van der Waals surface area (Å²) in [5, 5.41) is 9.01. The van der Waals surface area contributed by atoms with Gasteiger partial charge in [0.05, 0.1) is 18.9 Å². The maximum absolute atomic E-state index is 11.0. The summed E-state index contributed by atoms with van der Waals surface area (Å²) >= 11 is 0. The summed E-state index contributed by atoms with van der Waals surface area (Å²) in [5.74, 6) is -0.292. The predicted molar refractivity (Wildman–Crippen MR) is 67.9 cm³/mol. The van der Waals surface area contributed by atoms with Gasteiger partial charge in [-0.05, 0) is 36.2 Å². The van der Waals surface area contributed by atoms with Crippen molar-refractivity contribution in [2.45, 2.75) is 6.92 Å². The number of methoxy groups -OCH3 is 1. The van der Waals surface area contributed by atoms with Crippen molar-refractivity contribution in [3.63, 3.8) is 0 Å². The predicted octanol–water partition coefficient (Wildman–Crippen LogP) is 2.76. The molecule has 0 bridgehead atoms. The molecule has 1 aromatic heterocycles. The van der Waals surface area contributed by atoms with Crippen molar-refractivity contribution in [3.8, 4) is 16.9 Å². The van der Waals surface area contributed by atoms with E-state index in [4.69, 9.17) is 9.84 Å². The highest BCUT2D eigenvalue weighted by Gasteiger charge is 2.08. The first-order chi connectivity index (χ1) is 8.61. The molecule has 1 N–H and O–H groups in total.